The van der Waals surface area contributed by atoms with Gasteiger partial charge in [-0.25, -0.2) is 4.98 Å². The van der Waals surface area contributed by atoms with Crippen LogP contribution in [0.1, 0.15) is 89.3 Å². The van der Waals surface area contributed by atoms with Crippen molar-refractivity contribution < 1.29 is 9.53 Å². The molecule has 1 aromatic heterocycles. The Hall–Kier alpha value is -2.21. The largest absolute Gasteiger partial charge is 0.466 e. The van der Waals surface area contributed by atoms with Gasteiger partial charge in [-0.15, -0.1) is 0 Å². The molecule has 0 amide bonds. The first-order valence-electron chi connectivity index (χ1n) is 14.0. The van der Waals surface area contributed by atoms with Crippen molar-refractivity contribution in [2.24, 2.45) is 11.8 Å². The van der Waals surface area contributed by atoms with Crippen molar-refractivity contribution >= 4 is 17.0 Å². The summed E-state index contributed by atoms with van der Waals surface area (Å²) < 4.78 is 7.12. The van der Waals surface area contributed by atoms with Gasteiger partial charge in [0.2, 0.25) is 0 Å². The van der Waals surface area contributed by atoms with Gasteiger partial charge >= 0.3 is 5.97 Å². The van der Waals surface area contributed by atoms with Crippen molar-refractivity contribution in [3.63, 3.8) is 0 Å². The Balaban J connectivity index is 1.29. The fourth-order valence-electron chi connectivity index (χ4n) is 8.13. The van der Waals surface area contributed by atoms with Crippen LogP contribution in [0.5, 0.6) is 0 Å². The average molecular weight is 478 g/mol. The Labute approximate surface area is 208 Å². The van der Waals surface area contributed by atoms with E-state index in [4.69, 9.17) is 4.74 Å². The van der Waals surface area contributed by atoms with Crippen molar-refractivity contribution in [2.75, 3.05) is 6.61 Å². The number of aromatic nitrogens is 2. The fraction of sp³-hybridized carbons (Fsp3) is 0.690. The van der Waals surface area contributed by atoms with Gasteiger partial charge in [-0.2, -0.15) is 0 Å². The summed E-state index contributed by atoms with van der Waals surface area (Å²) in [5.41, 5.74) is 1.88. The number of carbonyl (C=O) groups excluding carboxylic acids is 1. The molecule has 4 atom stereocenters. The number of piperidine rings is 1. The van der Waals surface area contributed by atoms with Gasteiger partial charge in [0, 0.05) is 24.2 Å². The molecule has 4 bridgehead atoms. The maximum Gasteiger partial charge on any atom is 0.312 e. The first-order valence-corrected chi connectivity index (χ1v) is 14.0. The van der Waals surface area contributed by atoms with Crippen LogP contribution in [0.15, 0.2) is 29.1 Å². The Morgan fingerprint density at radius 2 is 1.60 bits per heavy atom. The molecule has 0 radical (unpaired) electrons. The zero-order valence-electron chi connectivity index (χ0n) is 21.0. The zero-order chi connectivity index (χ0) is 23.9. The number of carbonyl (C=O) groups is 1. The summed E-state index contributed by atoms with van der Waals surface area (Å²) in [6, 6.07) is 9.93. The highest BCUT2D eigenvalue weighted by molar-refractivity contribution is 5.77. The molecule has 2 saturated heterocycles. The number of nitrogens with zero attached hydrogens (tertiary/aromatic N) is 3. The molecule has 4 aliphatic rings. The Morgan fingerprint density at radius 3 is 2.29 bits per heavy atom. The summed E-state index contributed by atoms with van der Waals surface area (Å²) in [5, 5.41) is 0. The van der Waals surface area contributed by atoms with E-state index >= 15 is 0 Å². The highest BCUT2D eigenvalue weighted by Gasteiger charge is 2.46. The van der Waals surface area contributed by atoms with Gasteiger partial charge in [0.15, 0.2) is 0 Å². The third-order valence-electron chi connectivity index (χ3n) is 9.38. The second kappa shape index (κ2) is 9.68. The van der Waals surface area contributed by atoms with E-state index in [1.807, 2.05) is 28.8 Å². The molecule has 0 spiro atoms. The molecule has 6 rings (SSSR count). The number of hydrogen-bond acceptors (Lipinski definition) is 5. The summed E-state index contributed by atoms with van der Waals surface area (Å²) in [5.74, 6) is 1.47. The lowest BCUT2D eigenvalue weighted by Gasteiger charge is -2.48. The lowest BCUT2D eigenvalue weighted by atomic mass is 9.76. The second-order valence-electron chi connectivity index (χ2n) is 11.5. The van der Waals surface area contributed by atoms with Crippen LogP contribution in [0.2, 0.25) is 0 Å². The molecule has 4 unspecified atom stereocenters. The summed E-state index contributed by atoms with van der Waals surface area (Å²) in [6.07, 6.45) is 14.4. The predicted octanol–water partition coefficient (Wildman–Crippen LogP) is 5.03. The molecule has 2 aliphatic carbocycles. The smallest absolute Gasteiger partial charge is 0.312 e. The normalized spacial score (nSPS) is 32.9. The van der Waals surface area contributed by atoms with E-state index in [1.54, 1.807) is 6.92 Å². The minimum absolute atomic E-state index is 0.0614. The molecule has 35 heavy (non-hydrogen) atoms. The molecule has 3 heterocycles. The van der Waals surface area contributed by atoms with Gasteiger partial charge in [-0.3, -0.25) is 14.5 Å². The maximum atomic E-state index is 13.7. The quantitative estimate of drug-likeness (QED) is 0.565. The van der Waals surface area contributed by atoms with E-state index < -0.39 is 0 Å². The van der Waals surface area contributed by atoms with Crippen LogP contribution in [0, 0.1) is 11.8 Å². The Bertz CT molecular complexity index is 1120. The number of esters is 1. The lowest BCUT2D eigenvalue weighted by Crippen LogP contribution is -2.52. The van der Waals surface area contributed by atoms with Crippen molar-refractivity contribution in [3.05, 3.63) is 40.3 Å². The number of hydrogen-bond donors (Lipinski definition) is 0. The van der Waals surface area contributed by atoms with Gasteiger partial charge in [-0.05, 0) is 75.8 Å². The molecule has 2 aliphatic heterocycles. The lowest BCUT2D eigenvalue weighted by molar-refractivity contribution is -0.142. The van der Waals surface area contributed by atoms with E-state index in [-0.39, 0.29) is 24.0 Å². The molecule has 2 aromatic rings. The van der Waals surface area contributed by atoms with Crippen LogP contribution in [0.3, 0.4) is 0 Å². The highest BCUT2D eigenvalue weighted by Crippen LogP contribution is 2.47. The predicted molar refractivity (Wildman–Crippen MR) is 136 cm³/mol. The summed E-state index contributed by atoms with van der Waals surface area (Å²) in [4.78, 5) is 33.4. The Morgan fingerprint density at radius 1 is 0.914 bits per heavy atom. The minimum atomic E-state index is -0.382. The molecular formula is C29H39N3O3. The second-order valence-corrected chi connectivity index (χ2v) is 11.5. The maximum absolute atomic E-state index is 13.7. The first-order chi connectivity index (χ1) is 17.1. The zero-order valence-corrected chi connectivity index (χ0v) is 21.0. The third kappa shape index (κ3) is 4.43. The van der Waals surface area contributed by atoms with Crippen LogP contribution in [0.4, 0.5) is 0 Å². The fourth-order valence-corrected chi connectivity index (χ4v) is 8.13. The topological polar surface area (TPSA) is 64.4 Å². The van der Waals surface area contributed by atoms with Crippen molar-refractivity contribution in [1.29, 1.82) is 0 Å². The summed E-state index contributed by atoms with van der Waals surface area (Å²) >= 11 is 0. The number of fused-ring (bicyclic) bond motifs is 5. The van der Waals surface area contributed by atoms with Gasteiger partial charge < -0.3 is 9.30 Å². The van der Waals surface area contributed by atoms with E-state index in [0.29, 0.717) is 24.4 Å². The van der Waals surface area contributed by atoms with Crippen LogP contribution < -0.4 is 5.56 Å². The van der Waals surface area contributed by atoms with Gasteiger partial charge in [0.1, 0.15) is 5.69 Å². The molecule has 2 saturated carbocycles. The third-order valence-corrected chi connectivity index (χ3v) is 9.38. The minimum Gasteiger partial charge on any atom is -0.466 e. The molecule has 6 nitrogen and oxygen atoms in total. The van der Waals surface area contributed by atoms with Gasteiger partial charge in [0.05, 0.1) is 24.1 Å². The number of benzene rings is 1. The van der Waals surface area contributed by atoms with Crippen LogP contribution >= 0.6 is 0 Å². The molecular weight excluding hydrogens is 438 g/mol. The van der Waals surface area contributed by atoms with E-state index in [0.717, 1.165) is 41.8 Å². The summed E-state index contributed by atoms with van der Waals surface area (Å²) in [6.45, 7) is 2.10. The van der Waals surface area contributed by atoms with Crippen molar-refractivity contribution in [2.45, 2.75) is 108 Å². The van der Waals surface area contributed by atoms with Gasteiger partial charge in [-0.1, -0.05) is 37.8 Å². The Kier molecular flexibility index (Phi) is 6.42. The molecule has 1 aromatic carbocycles. The highest BCUT2D eigenvalue weighted by atomic mass is 16.5. The molecule has 4 fully saturated rings. The monoisotopic (exact) mass is 477 g/mol. The van der Waals surface area contributed by atoms with E-state index in [2.05, 4.69) is 9.88 Å². The van der Waals surface area contributed by atoms with Crippen LogP contribution in [-0.2, 0) is 16.0 Å². The molecule has 6 heteroatoms. The molecule has 188 valence electrons. The standard InChI is InChI=1S/C29H39N3O3/c1-2-35-28(33)18-26-29(34)32(27-10-6-5-9-25(27)30-26)24-16-21-11-12-22(17-24)31(21)23-14-19-7-3-4-8-20(13-19)15-23/h5-6,9-10,19-24H,2-4,7-8,11-18H2,1H3. The number of rotatable bonds is 5. The van der Waals surface area contributed by atoms with Crippen LogP contribution in [-0.4, -0.2) is 45.2 Å². The van der Waals surface area contributed by atoms with Crippen molar-refractivity contribution in [3.8, 4) is 0 Å². The van der Waals surface area contributed by atoms with Crippen LogP contribution in [0.25, 0.3) is 11.0 Å². The van der Waals surface area contributed by atoms with E-state index in [9.17, 15) is 9.59 Å². The average Bonchev–Trinajstić information content (AvgIpc) is 3.00. The SMILES string of the molecule is CCOC(=O)Cc1nc2ccccc2n(C2CC3CCC(C2)N3C2CC3CCCCC(C3)C2)c1=O. The molecule has 0 N–H and O–H groups in total. The van der Waals surface area contributed by atoms with E-state index in [1.165, 1.54) is 57.8 Å². The van der Waals surface area contributed by atoms with Gasteiger partial charge in [0.25, 0.3) is 5.56 Å². The van der Waals surface area contributed by atoms with Crippen molar-refractivity contribution in [1.82, 2.24) is 14.5 Å². The summed E-state index contributed by atoms with van der Waals surface area (Å²) in [7, 11) is 0. The number of ether oxygens (including phenoxy) is 1. The first kappa shape index (κ1) is 23.2. The number of para-hydroxylation sites is 2.